The maximum atomic E-state index is 12.3. The molecular formula is C18H18N2O3S. The third kappa shape index (κ3) is 3.83. The molecule has 24 heavy (non-hydrogen) atoms. The van der Waals surface area contributed by atoms with Crippen molar-refractivity contribution in [2.24, 2.45) is 0 Å². The summed E-state index contributed by atoms with van der Waals surface area (Å²) in [6.07, 6.45) is 2.81. The maximum Gasteiger partial charge on any atom is 0.255 e. The van der Waals surface area contributed by atoms with Crippen molar-refractivity contribution in [2.75, 3.05) is 16.2 Å². The van der Waals surface area contributed by atoms with Crippen LogP contribution in [-0.4, -0.2) is 20.9 Å². The molecule has 0 aliphatic carbocycles. The van der Waals surface area contributed by atoms with Gasteiger partial charge >= 0.3 is 0 Å². The van der Waals surface area contributed by atoms with Crippen molar-refractivity contribution < 1.29 is 13.2 Å². The highest BCUT2D eigenvalue weighted by Crippen LogP contribution is 2.30. The molecule has 1 fully saturated rings. The molecule has 3 rings (SSSR count). The average molecular weight is 342 g/mol. The van der Waals surface area contributed by atoms with Crippen molar-refractivity contribution in [3.05, 3.63) is 65.6 Å². The number of hydrogen-bond donors (Lipinski definition) is 1. The summed E-state index contributed by atoms with van der Waals surface area (Å²) < 4.78 is 27.2. The fraction of sp³-hybridized carbons (Fsp3) is 0.167. The van der Waals surface area contributed by atoms with Gasteiger partial charge in [0.2, 0.25) is 5.91 Å². The van der Waals surface area contributed by atoms with Crippen molar-refractivity contribution in [3.8, 4) is 0 Å². The van der Waals surface area contributed by atoms with Gasteiger partial charge < -0.3 is 4.90 Å². The number of anilines is 2. The number of hydrogen-bond acceptors (Lipinski definition) is 3. The predicted molar refractivity (Wildman–Crippen MR) is 96.0 cm³/mol. The van der Waals surface area contributed by atoms with Crippen molar-refractivity contribution >= 4 is 33.4 Å². The van der Waals surface area contributed by atoms with E-state index in [1.807, 2.05) is 30.3 Å². The van der Waals surface area contributed by atoms with Crippen LogP contribution in [0.15, 0.2) is 60.0 Å². The zero-order chi connectivity index (χ0) is 17.0. The van der Waals surface area contributed by atoms with E-state index in [1.165, 1.54) is 6.08 Å². The molecule has 0 spiro atoms. The molecule has 5 nitrogen and oxygen atoms in total. The van der Waals surface area contributed by atoms with E-state index in [9.17, 15) is 13.2 Å². The van der Waals surface area contributed by atoms with E-state index in [2.05, 4.69) is 4.72 Å². The lowest BCUT2D eigenvalue weighted by atomic mass is 10.2. The van der Waals surface area contributed by atoms with Gasteiger partial charge in [-0.15, -0.1) is 0 Å². The third-order valence-electron chi connectivity index (χ3n) is 3.76. The van der Waals surface area contributed by atoms with E-state index < -0.39 is 10.0 Å². The highest BCUT2D eigenvalue weighted by Gasteiger charge is 2.24. The van der Waals surface area contributed by atoms with E-state index in [0.717, 1.165) is 17.4 Å². The summed E-state index contributed by atoms with van der Waals surface area (Å²) in [5, 5.41) is 1.13. The fourth-order valence-electron chi connectivity index (χ4n) is 2.62. The molecule has 6 heteroatoms. The predicted octanol–water partition coefficient (Wildman–Crippen LogP) is 3.23. The zero-order valence-electron chi connectivity index (χ0n) is 13.1. The Balaban J connectivity index is 1.83. The number of para-hydroxylation sites is 2. The van der Waals surface area contributed by atoms with Gasteiger partial charge in [0.05, 0.1) is 16.8 Å². The van der Waals surface area contributed by atoms with E-state index >= 15 is 0 Å². The molecule has 1 amide bonds. The Morgan fingerprint density at radius 2 is 1.71 bits per heavy atom. The van der Waals surface area contributed by atoms with E-state index in [4.69, 9.17) is 0 Å². The molecule has 1 saturated heterocycles. The summed E-state index contributed by atoms with van der Waals surface area (Å²) in [5.41, 5.74) is 1.80. The number of amides is 1. The van der Waals surface area contributed by atoms with Gasteiger partial charge in [-0.1, -0.05) is 42.5 Å². The first-order valence-electron chi connectivity index (χ1n) is 7.70. The van der Waals surface area contributed by atoms with E-state index in [0.29, 0.717) is 24.3 Å². The first kappa shape index (κ1) is 16.3. The van der Waals surface area contributed by atoms with Crippen LogP contribution in [0.3, 0.4) is 0 Å². The Morgan fingerprint density at radius 1 is 1.00 bits per heavy atom. The molecule has 124 valence electrons. The van der Waals surface area contributed by atoms with Crippen molar-refractivity contribution in [1.82, 2.24) is 0 Å². The third-order valence-corrected chi connectivity index (χ3v) is 4.76. The number of nitrogens with one attached hydrogen (secondary N) is 1. The molecule has 0 saturated carbocycles. The molecule has 0 radical (unpaired) electrons. The Bertz CT molecular complexity index is 861. The summed E-state index contributed by atoms with van der Waals surface area (Å²) in [4.78, 5) is 13.6. The van der Waals surface area contributed by atoms with Gasteiger partial charge in [0.25, 0.3) is 10.0 Å². The number of sulfonamides is 1. The molecule has 1 aliphatic heterocycles. The minimum atomic E-state index is -3.67. The maximum absolute atomic E-state index is 12.3. The Hall–Kier alpha value is -2.60. The van der Waals surface area contributed by atoms with Crippen LogP contribution < -0.4 is 9.62 Å². The average Bonchev–Trinajstić information content (AvgIpc) is 3.00. The van der Waals surface area contributed by atoms with Crippen LogP contribution in [0.25, 0.3) is 6.08 Å². The Kier molecular flexibility index (Phi) is 4.66. The van der Waals surface area contributed by atoms with Crippen molar-refractivity contribution in [3.63, 3.8) is 0 Å². The molecule has 1 aliphatic rings. The summed E-state index contributed by atoms with van der Waals surface area (Å²) in [5.74, 6) is 0.0153. The van der Waals surface area contributed by atoms with Gasteiger partial charge in [-0.25, -0.2) is 8.42 Å². The SMILES string of the molecule is O=C1CCCN1c1ccccc1NS(=O)(=O)C=Cc1ccccc1. The zero-order valence-corrected chi connectivity index (χ0v) is 13.9. The van der Waals surface area contributed by atoms with Crippen LogP contribution in [-0.2, 0) is 14.8 Å². The van der Waals surface area contributed by atoms with Crippen LogP contribution in [0.2, 0.25) is 0 Å². The smallest absolute Gasteiger partial charge is 0.255 e. The highest BCUT2D eigenvalue weighted by atomic mass is 32.2. The van der Waals surface area contributed by atoms with Crippen molar-refractivity contribution in [2.45, 2.75) is 12.8 Å². The molecular weight excluding hydrogens is 324 g/mol. The number of carbonyl (C=O) groups is 1. The second-order valence-electron chi connectivity index (χ2n) is 5.53. The standard InChI is InChI=1S/C18H18N2O3S/c21-18-11-6-13-20(18)17-10-5-4-9-16(17)19-24(22,23)14-12-15-7-2-1-3-8-15/h1-5,7-10,12,14,19H,6,11,13H2. The highest BCUT2D eigenvalue weighted by molar-refractivity contribution is 7.95. The van der Waals surface area contributed by atoms with Crippen molar-refractivity contribution in [1.29, 1.82) is 0 Å². The Labute approximate surface area is 141 Å². The number of nitrogens with zero attached hydrogens (tertiary/aromatic N) is 1. The lowest BCUT2D eigenvalue weighted by Crippen LogP contribution is -2.25. The minimum Gasteiger partial charge on any atom is -0.310 e. The second kappa shape index (κ2) is 6.88. The van der Waals surface area contributed by atoms with Crippen LogP contribution in [0.4, 0.5) is 11.4 Å². The summed E-state index contributed by atoms with van der Waals surface area (Å²) in [7, 11) is -3.67. The number of carbonyl (C=O) groups excluding carboxylic acids is 1. The van der Waals surface area contributed by atoms with Gasteiger partial charge in [-0.05, 0) is 30.2 Å². The van der Waals surface area contributed by atoms with Gasteiger partial charge in [-0.3, -0.25) is 9.52 Å². The number of benzene rings is 2. The largest absolute Gasteiger partial charge is 0.310 e. The lowest BCUT2D eigenvalue weighted by Gasteiger charge is -2.19. The topological polar surface area (TPSA) is 66.5 Å². The van der Waals surface area contributed by atoms with Gasteiger partial charge in [-0.2, -0.15) is 0 Å². The quantitative estimate of drug-likeness (QED) is 0.907. The molecule has 0 unspecified atom stereocenters. The molecule has 0 aromatic heterocycles. The Morgan fingerprint density at radius 3 is 2.42 bits per heavy atom. The van der Waals surface area contributed by atoms with Crippen LogP contribution in [0.5, 0.6) is 0 Å². The molecule has 0 atom stereocenters. The van der Waals surface area contributed by atoms with Crippen LogP contribution in [0.1, 0.15) is 18.4 Å². The van der Waals surface area contributed by atoms with Gasteiger partial charge in [0, 0.05) is 13.0 Å². The molecule has 2 aromatic rings. The van der Waals surface area contributed by atoms with Crippen LogP contribution in [0, 0.1) is 0 Å². The summed E-state index contributed by atoms with van der Waals surface area (Å²) in [6.45, 7) is 0.609. The van der Waals surface area contributed by atoms with Gasteiger partial charge in [0.15, 0.2) is 0 Å². The van der Waals surface area contributed by atoms with Gasteiger partial charge in [0.1, 0.15) is 0 Å². The second-order valence-corrected chi connectivity index (χ2v) is 7.09. The normalized spacial score (nSPS) is 15.2. The molecule has 2 aromatic carbocycles. The first-order chi connectivity index (χ1) is 11.6. The number of rotatable bonds is 5. The molecule has 1 heterocycles. The van der Waals surface area contributed by atoms with E-state index in [1.54, 1.807) is 29.2 Å². The molecule has 0 bridgehead atoms. The first-order valence-corrected chi connectivity index (χ1v) is 9.25. The summed E-state index contributed by atoms with van der Waals surface area (Å²) in [6, 6.07) is 16.1. The summed E-state index contributed by atoms with van der Waals surface area (Å²) >= 11 is 0. The molecule has 1 N–H and O–H groups in total. The monoisotopic (exact) mass is 342 g/mol. The fourth-order valence-corrected chi connectivity index (χ4v) is 3.50. The van der Waals surface area contributed by atoms with E-state index in [-0.39, 0.29) is 5.91 Å². The minimum absolute atomic E-state index is 0.0153. The van der Waals surface area contributed by atoms with Crippen LogP contribution >= 0.6 is 0 Å². The lowest BCUT2D eigenvalue weighted by molar-refractivity contribution is -0.117.